The van der Waals surface area contributed by atoms with Gasteiger partial charge in [-0.3, -0.25) is 14.5 Å². The molecular weight excluding hydrogens is 278 g/mol. The van der Waals surface area contributed by atoms with Crippen molar-refractivity contribution in [2.45, 2.75) is 6.92 Å². The Labute approximate surface area is 127 Å². The fraction of sp³-hybridized carbons (Fsp3) is 0.125. The van der Waals surface area contributed by atoms with Crippen molar-refractivity contribution in [3.8, 4) is 11.1 Å². The number of nitrogens with one attached hydrogen (secondary N) is 1. The lowest BCUT2D eigenvalue weighted by molar-refractivity contribution is 0.102. The lowest BCUT2D eigenvalue weighted by atomic mass is 10.1. The van der Waals surface area contributed by atoms with Gasteiger partial charge in [0.1, 0.15) is 5.69 Å². The topological polar surface area (TPSA) is 72.7 Å². The molecule has 0 atom stereocenters. The Hall–Kier alpha value is -3.02. The van der Waals surface area contributed by atoms with Crippen molar-refractivity contribution >= 4 is 11.7 Å². The Bertz CT molecular complexity index is 810. The maximum absolute atomic E-state index is 12.3. The highest BCUT2D eigenvalue weighted by Gasteiger charge is 2.12. The van der Waals surface area contributed by atoms with Crippen LogP contribution in [0.2, 0.25) is 0 Å². The Morgan fingerprint density at radius 3 is 2.77 bits per heavy atom. The van der Waals surface area contributed by atoms with Crippen LogP contribution >= 0.6 is 0 Å². The molecule has 3 heterocycles. The zero-order chi connectivity index (χ0) is 15.5. The van der Waals surface area contributed by atoms with Gasteiger partial charge in [0.25, 0.3) is 5.91 Å². The highest BCUT2D eigenvalue weighted by atomic mass is 16.1. The normalized spacial score (nSPS) is 10.5. The van der Waals surface area contributed by atoms with Gasteiger partial charge in [-0.25, -0.2) is 4.98 Å². The number of nitrogens with zero attached hydrogens (tertiary/aromatic N) is 4. The number of anilines is 1. The van der Waals surface area contributed by atoms with E-state index >= 15 is 0 Å². The number of pyridine rings is 2. The first-order valence-corrected chi connectivity index (χ1v) is 6.82. The second-order valence-electron chi connectivity index (χ2n) is 4.95. The molecule has 0 unspecified atom stereocenters. The van der Waals surface area contributed by atoms with Crippen LogP contribution in [0.25, 0.3) is 11.1 Å². The summed E-state index contributed by atoms with van der Waals surface area (Å²) >= 11 is 0. The Morgan fingerprint density at radius 1 is 1.23 bits per heavy atom. The standard InChI is InChI=1S/C16H15N5O/c1-11-8-13(12-4-3-6-17-10-12)9-14(18-11)16(22)19-15-5-7-21(2)20-15/h3-10H,1-2H3,(H,19,20,22). The van der Waals surface area contributed by atoms with Crippen molar-refractivity contribution in [2.75, 3.05) is 5.32 Å². The fourth-order valence-electron chi connectivity index (χ4n) is 2.15. The molecule has 6 heteroatoms. The third-order valence-corrected chi connectivity index (χ3v) is 3.14. The van der Waals surface area contributed by atoms with Crippen molar-refractivity contribution in [1.82, 2.24) is 19.7 Å². The van der Waals surface area contributed by atoms with Crippen LogP contribution in [0.1, 0.15) is 16.2 Å². The molecule has 110 valence electrons. The molecular formula is C16H15N5O. The summed E-state index contributed by atoms with van der Waals surface area (Å²) in [6.07, 6.45) is 5.24. The molecule has 0 spiro atoms. The van der Waals surface area contributed by atoms with Gasteiger partial charge >= 0.3 is 0 Å². The number of aryl methyl sites for hydroxylation is 2. The lowest BCUT2D eigenvalue weighted by Gasteiger charge is -2.07. The first kappa shape index (κ1) is 13.9. The second kappa shape index (κ2) is 5.77. The predicted octanol–water partition coefficient (Wildman–Crippen LogP) is 2.44. The fourth-order valence-corrected chi connectivity index (χ4v) is 2.15. The minimum Gasteiger partial charge on any atom is -0.304 e. The molecule has 0 aromatic carbocycles. The van der Waals surface area contributed by atoms with E-state index in [2.05, 4.69) is 20.4 Å². The van der Waals surface area contributed by atoms with E-state index in [1.54, 1.807) is 42.5 Å². The highest BCUT2D eigenvalue weighted by Crippen LogP contribution is 2.20. The van der Waals surface area contributed by atoms with Crippen LogP contribution in [0, 0.1) is 6.92 Å². The predicted molar refractivity (Wildman–Crippen MR) is 83.4 cm³/mol. The summed E-state index contributed by atoms with van der Waals surface area (Å²) in [6, 6.07) is 9.22. The molecule has 0 bridgehead atoms. The van der Waals surface area contributed by atoms with Gasteiger partial charge in [-0.2, -0.15) is 5.10 Å². The van der Waals surface area contributed by atoms with Crippen LogP contribution < -0.4 is 5.32 Å². The molecule has 0 radical (unpaired) electrons. The molecule has 0 aliphatic rings. The maximum atomic E-state index is 12.3. The zero-order valence-corrected chi connectivity index (χ0v) is 12.3. The van der Waals surface area contributed by atoms with Crippen LogP contribution in [0.5, 0.6) is 0 Å². The molecule has 3 aromatic rings. The number of amides is 1. The van der Waals surface area contributed by atoms with E-state index in [1.807, 2.05) is 25.1 Å². The van der Waals surface area contributed by atoms with Crippen LogP contribution in [0.3, 0.4) is 0 Å². The van der Waals surface area contributed by atoms with Crippen LogP contribution in [0.15, 0.2) is 48.9 Å². The highest BCUT2D eigenvalue weighted by molar-refractivity contribution is 6.03. The summed E-state index contributed by atoms with van der Waals surface area (Å²) in [4.78, 5) is 20.7. The van der Waals surface area contributed by atoms with Gasteiger partial charge in [0, 0.05) is 43.0 Å². The van der Waals surface area contributed by atoms with E-state index in [-0.39, 0.29) is 5.91 Å². The molecule has 0 saturated carbocycles. The van der Waals surface area contributed by atoms with Crippen molar-refractivity contribution in [3.63, 3.8) is 0 Å². The van der Waals surface area contributed by atoms with E-state index < -0.39 is 0 Å². The van der Waals surface area contributed by atoms with Crippen LogP contribution in [-0.2, 0) is 7.05 Å². The van der Waals surface area contributed by atoms with Gasteiger partial charge in [-0.15, -0.1) is 0 Å². The van der Waals surface area contributed by atoms with Crippen molar-refractivity contribution in [2.24, 2.45) is 7.05 Å². The molecule has 1 N–H and O–H groups in total. The molecule has 22 heavy (non-hydrogen) atoms. The van der Waals surface area contributed by atoms with Gasteiger partial charge in [-0.05, 0) is 30.7 Å². The van der Waals surface area contributed by atoms with Crippen molar-refractivity contribution in [3.05, 3.63) is 60.3 Å². The van der Waals surface area contributed by atoms with Gasteiger partial charge in [-0.1, -0.05) is 6.07 Å². The maximum Gasteiger partial charge on any atom is 0.275 e. The Morgan fingerprint density at radius 2 is 2.09 bits per heavy atom. The van der Waals surface area contributed by atoms with Crippen LogP contribution in [0.4, 0.5) is 5.82 Å². The smallest absolute Gasteiger partial charge is 0.275 e. The van der Waals surface area contributed by atoms with E-state index in [0.717, 1.165) is 16.8 Å². The van der Waals surface area contributed by atoms with Gasteiger partial charge in [0.05, 0.1) is 0 Å². The van der Waals surface area contributed by atoms with E-state index in [4.69, 9.17) is 0 Å². The summed E-state index contributed by atoms with van der Waals surface area (Å²) in [5, 5.41) is 6.86. The van der Waals surface area contributed by atoms with E-state index in [0.29, 0.717) is 11.5 Å². The van der Waals surface area contributed by atoms with E-state index in [1.165, 1.54) is 0 Å². The molecule has 0 saturated heterocycles. The van der Waals surface area contributed by atoms with Gasteiger partial charge < -0.3 is 5.32 Å². The average molecular weight is 293 g/mol. The Balaban J connectivity index is 1.90. The zero-order valence-electron chi connectivity index (χ0n) is 12.3. The summed E-state index contributed by atoms with van der Waals surface area (Å²) in [7, 11) is 1.79. The van der Waals surface area contributed by atoms with Gasteiger partial charge in [0.2, 0.25) is 0 Å². The third-order valence-electron chi connectivity index (χ3n) is 3.14. The van der Waals surface area contributed by atoms with Crippen LogP contribution in [-0.4, -0.2) is 25.7 Å². The summed E-state index contributed by atoms with van der Waals surface area (Å²) < 4.78 is 1.63. The number of aromatic nitrogens is 4. The molecule has 3 aromatic heterocycles. The first-order chi connectivity index (χ1) is 10.6. The SMILES string of the molecule is Cc1cc(-c2cccnc2)cc(C(=O)Nc2ccn(C)n2)n1. The molecule has 3 rings (SSSR count). The number of hydrogen-bond acceptors (Lipinski definition) is 4. The summed E-state index contributed by atoms with van der Waals surface area (Å²) in [6.45, 7) is 1.86. The molecule has 0 fully saturated rings. The monoisotopic (exact) mass is 293 g/mol. The quantitative estimate of drug-likeness (QED) is 0.805. The minimum atomic E-state index is -0.285. The third kappa shape index (κ3) is 3.01. The number of carbonyl (C=O) groups is 1. The molecule has 1 amide bonds. The molecule has 0 aliphatic heterocycles. The van der Waals surface area contributed by atoms with Crippen molar-refractivity contribution < 1.29 is 4.79 Å². The van der Waals surface area contributed by atoms with Gasteiger partial charge in [0.15, 0.2) is 5.82 Å². The summed E-state index contributed by atoms with van der Waals surface area (Å²) in [5.41, 5.74) is 2.98. The first-order valence-electron chi connectivity index (χ1n) is 6.82. The largest absolute Gasteiger partial charge is 0.304 e. The number of rotatable bonds is 3. The molecule has 6 nitrogen and oxygen atoms in total. The lowest BCUT2D eigenvalue weighted by Crippen LogP contribution is -2.15. The number of hydrogen-bond donors (Lipinski definition) is 1. The average Bonchev–Trinajstić information content (AvgIpc) is 2.92. The Kier molecular flexibility index (Phi) is 3.65. The minimum absolute atomic E-state index is 0.285. The van der Waals surface area contributed by atoms with E-state index in [9.17, 15) is 4.79 Å². The summed E-state index contributed by atoms with van der Waals surface area (Å²) in [5.74, 6) is 0.214. The molecule has 0 aliphatic carbocycles. The van der Waals surface area contributed by atoms with Crippen molar-refractivity contribution in [1.29, 1.82) is 0 Å². The second-order valence-corrected chi connectivity index (χ2v) is 4.95. The number of carbonyl (C=O) groups excluding carboxylic acids is 1.